The van der Waals surface area contributed by atoms with Gasteiger partial charge in [0.15, 0.2) is 0 Å². The molecule has 1 saturated heterocycles. The zero-order valence-corrected chi connectivity index (χ0v) is 13.7. The molecule has 2 amide bonds. The van der Waals surface area contributed by atoms with Gasteiger partial charge in [0.05, 0.1) is 5.92 Å². The third kappa shape index (κ3) is 5.19. The van der Waals surface area contributed by atoms with Gasteiger partial charge >= 0.3 is 12.0 Å². The minimum Gasteiger partial charge on any atom is -0.481 e. The molecule has 0 saturated carbocycles. The molecular formula is C15H29N3O3. The largest absolute Gasteiger partial charge is 0.481 e. The molecule has 2 unspecified atom stereocenters. The number of carboxylic acids is 1. The zero-order valence-electron chi connectivity index (χ0n) is 13.7. The van der Waals surface area contributed by atoms with Crippen LogP contribution in [0.2, 0.25) is 0 Å². The van der Waals surface area contributed by atoms with Crippen molar-refractivity contribution in [3.8, 4) is 0 Å². The van der Waals surface area contributed by atoms with E-state index in [4.69, 9.17) is 5.11 Å². The van der Waals surface area contributed by atoms with Gasteiger partial charge in [-0.15, -0.1) is 0 Å². The number of urea groups is 1. The quantitative estimate of drug-likeness (QED) is 0.808. The first-order chi connectivity index (χ1) is 9.86. The van der Waals surface area contributed by atoms with E-state index >= 15 is 0 Å². The van der Waals surface area contributed by atoms with Crippen LogP contribution in [0.1, 0.15) is 33.1 Å². The van der Waals surface area contributed by atoms with Crippen molar-refractivity contribution >= 4 is 12.0 Å². The molecule has 1 N–H and O–H groups in total. The van der Waals surface area contributed by atoms with E-state index in [1.165, 1.54) is 0 Å². The van der Waals surface area contributed by atoms with Crippen LogP contribution in [0.5, 0.6) is 0 Å². The van der Waals surface area contributed by atoms with E-state index in [-0.39, 0.29) is 18.0 Å². The molecule has 0 aromatic heterocycles. The Kier molecular flexibility index (Phi) is 6.95. The van der Waals surface area contributed by atoms with Crippen molar-refractivity contribution in [2.75, 3.05) is 40.3 Å². The predicted octanol–water partition coefficient (Wildman–Crippen LogP) is 1.57. The molecule has 0 aliphatic carbocycles. The van der Waals surface area contributed by atoms with E-state index in [9.17, 15) is 9.59 Å². The van der Waals surface area contributed by atoms with E-state index in [1.807, 2.05) is 37.7 Å². The number of carboxylic acid groups (broad SMARTS) is 1. The number of aliphatic carboxylic acids is 1. The lowest BCUT2D eigenvalue weighted by molar-refractivity contribution is -0.143. The van der Waals surface area contributed by atoms with Gasteiger partial charge < -0.3 is 19.8 Å². The number of rotatable bonds is 6. The molecule has 0 bridgehead atoms. The molecular weight excluding hydrogens is 270 g/mol. The lowest BCUT2D eigenvalue weighted by atomic mass is 9.92. The Balaban J connectivity index is 2.54. The molecule has 21 heavy (non-hydrogen) atoms. The summed E-state index contributed by atoms with van der Waals surface area (Å²) in [5.41, 5.74) is 0. The first-order valence-corrected chi connectivity index (χ1v) is 7.79. The Bertz CT molecular complexity index is 360. The van der Waals surface area contributed by atoms with E-state index in [0.29, 0.717) is 25.9 Å². The second kappa shape index (κ2) is 8.22. The SMILES string of the molecule is CCN(CCCN(C)C)C(=O)N1CCC(C(=O)O)CC1C. The van der Waals surface area contributed by atoms with Crippen molar-refractivity contribution in [2.24, 2.45) is 5.92 Å². The normalized spacial score (nSPS) is 22.4. The molecule has 0 radical (unpaired) electrons. The van der Waals surface area contributed by atoms with Crippen LogP contribution in [0, 0.1) is 5.92 Å². The maximum absolute atomic E-state index is 12.6. The Hall–Kier alpha value is -1.30. The summed E-state index contributed by atoms with van der Waals surface area (Å²) < 4.78 is 0. The average molecular weight is 299 g/mol. The van der Waals surface area contributed by atoms with Crippen LogP contribution in [-0.2, 0) is 4.79 Å². The first-order valence-electron chi connectivity index (χ1n) is 7.79. The van der Waals surface area contributed by atoms with Gasteiger partial charge in [-0.25, -0.2) is 4.79 Å². The van der Waals surface area contributed by atoms with Crippen LogP contribution in [-0.4, -0.2) is 78.1 Å². The number of hydrogen-bond donors (Lipinski definition) is 1. The highest BCUT2D eigenvalue weighted by Crippen LogP contribution is 2.24. The van der Waals surface area contributed by atoms with Gasteiger partial charge in [-0.2, -0.15) is 0 Å². The van der Waals surface area contributed by atoms with Crippen molar-refractivity contribution < 1.29 is 14.7 Å². The maximum atomic E-state index is 12.6. The number of carbonyl (C=O) groups is 2. The van der Waals surface area contributed by atoms with Gasteiger partial charge in [0, 0.05) is 25.7 Å². The van der Waals surface area contributed by atoms with Crippen molar-refractivity contribution in [2.45, 2.75) is 39.2 Å². The number of hydrogen-bond acceptors (Lipinski definition) is 3. The summed E-state index contributed by atoms with van der Waals surface area (Å²) in [6, 6.07) is 0.0443. The number of amides is 2. The predicted molar refractivity (Wildman–Crippen MR) is 82.3 cm³/mol. The smallest absolute Gasteiger partial charge is 0.320 e. The monoisotopic (exact) mass is 299 g/mol. The van der Waals surface area contributed by atoms with Crippen LogP contribution in [0.25, 0.3) is 0 Å². The van der Waals surface area contributed by atoms with Crippen molar-refractivity contribution in [1.29, 1.82) is 0 Å². The lowest BCUT2D eigenvalue weighted by Crippen LogP contribution is -2.51. The summed E-state index contributed by atoms with van der Waals surface area (Å²) in [6.45, 7) is 6.88. The highest BCUT2D eigenvalue weighted by Gasteiger charge is 2.33. The summed E-state index contributed by atoms with van der Waals surface area (Å²) in [5.74, 6) is -1.06. The fourth-order valence-electron chi connectivity index (χ4n) is 2.83. The molecule has 0 spiro atoms. The van der Waals surface area contributed by atoms with Gasteiger partial charge in [-0.3, -0.25) is 4.79 Å². The average Bonchev–Trinajstić information content (AvgIpc) is 2.42. The van der Waals surface area contributed by atoms with Crippen LogP contribution >= 0.6 is 0 Å². The fraction of sp³-hybridized carbons (Fsp3) is 0.867. The molecule has 2 atom stereocenters. The summed E-state index contributed by atoms with van der Waals surface area (Å²) in [7, 11) is 4.05. The van der Waals surface area contributed by atoms with Crippen LogP contribution in [0.15, 0.2) is 0 Å². The molecule has 122 valence electrons. The third-order valence-electron chi connectivity index (χ3n) is 4.16. The number of likely N-dealkylation sites (tertiary alicyclic amines) is 1. The topological polar surface area (TPSA) is 64.1 Å². The first kappa shape index (κ1) is 17.8. The van der Waals surface area contributed by atoms with Gasteiger partial charge in [-0.05, 0) is 53.8 Å². The fourth-order valence-corrected chi connectivity index (χ4v) is 2.83. The minimum absolute atomic E-state index is 0.00440. The Morgan fingerprint density at radius 3 is 2.43 bits per heavy atom. The second-order valence-electron chi connectivity index (χ2n) is 6.12. The van der Waals surface area contributed by atoms with E-state index < -0.39 is 5.97 Å². The standard InChI is InChI=1S/C15H29N3O3/c1-5-17(9-6-8-16(3)4)15(21)18-10-7-13(14(19)20)11-12(18)2/h12-13H,5-11H2,1-4H3,(H,19,20). The highest BCUT2D eigenvalue weighted by atomic mass is 16.4. The molecule has 1 fully saturated rings. The Morgan fingerprint density at radius 1 is 1.29 bits per heavy atom. The molecule has 6 heteroatoms. The summed E-state index contributed by atoms with van der Waals surface area (Å²) in [5, 5.41) is 9.09. The van der Waals surface area contributed by atoms with Crippen LogP contribution < -0.4 is 0 Å². The van der Waals surface area contributed by atoms with E-state index in [0.717, 1.165) is 19.5 Å². The lowest BCUT2D eigenvalue weighted by Gasteiger charge is -2.39. The Labute approximate surface area is 127 Å². The molecule has 1 heterocycles. The van der Waals surface area contributed by atoms with Crippen molar-refractivity contribution in [3.63, 3.8) is 0 Å². The number of carbonyl (C=O) groups excluding carboxylic acids is 1. The highest BCUT2D eigenvalue weighted by molar-refractivity contribution is 5.76. The van der Waals surface area contributed by atoms with Crippen LogP contribution in [0.3, 0.4) is 0 Å². The maximum Gasteiger partial charge on any atom is 0.320 e. The number of nitrogens with zero attached hydrogens (tertiary/aromatic N) is 3. The molecule has 0 aromatic carbocycles. The summed E-state index contributed by atoms with van der Waals surface area (Å²) in [4.78, 5) is 29.4. The molecule has 1 aliphatic heterocycles. The molecule has 1 aliphatic rings. The van der Waals surface area contributed by atoms with Crippen molar-refractivity contribution in [3.05, 3.63) is 0 Å². The van der Waals surface area contributed by atoms with Gasteiger partial charge in [-0.1, -0.05) is 0 Å². The summed E-state index contributed by atoms with van der Waals surface area (Å²) in [6.07, 6.45) is 2.06. The summed E-state index contributed by atoms with van der Waals surface area (Å²) >= 11 is 0. The van der Waals surface area contributed by atoms with Gasteiger partial charge in [0.1, 0.15) is 0 Å². The molecule has 6 nitrogen and oxygen atoms in total. The minimum atomic E-state index is -0.743. The number of piperidine rings is 1. The molecule has 1 rings (SSSR count). The third-order valence-corrected chi connectivity index (χ3v) is 4.16. The van der Waals surface area contributed by atoms with Gasteiger partial charge in [0.25, 0.3) is 0 Å². The Morgan fingerprint density at radius 2 is 1.95 bits per heavy atom. The molecule has 0 aromatic rings. The van der Waals surface area contributed by atoms with E-state index in [2.05, 4.69) is 4.90 Å². The van der Waals surface area contributed by atoms with Crippen LogP contribution in [0.4, 0.5) is 4.79 Å². The van der Waals surface area contributed by atoms with Crippen molar-refractivity contribution in [1.82, 2.24) is 14.7 Å². The van der Waals surface area contributed by atoms with Gasteiger partial charge in [0.2, 0.25) is 0 Å². The second-order valence-corrected chi connectivity index (χ2v) is 6.12. The zero-order chi connectivity index (χ0) is 16.0. The van der Waals surface area contributed by atoms with E-state index in [1.54, 1.807) is 0 Å².